The zero-order valence-corrected chi connectivity index (χ0v) is 16.2. The number of amides is 1. The number of nitrogens with one attached hydrogen (secondary N) is 1. The molecule has 0 saturated carbocycles. The van der Waals surface area contributed by atoms with Crippen LogP contribution in [-0.4, -0.2) is 32.3 Å². The van der Waals surface area contributed by atoms with Gasteiger partial charge in [0.05, 0.1) is 5.69 Å². The minimum absolute atomic E-state index is 0.291. The van der Waals surface area contributed by atoms with Gasteiger partial charge in [-0.05, 0) is 30.7 Å². The van der Waals surface area contributed by atoms with Crippen LogP contribution in [0.15, 0.2) is 48.8 Å². The minimum Gasteiger partial charge on any atom is -0.349 e. The number of alkyl halides is 1. The highest BCUT2D eigenvalue weighted by Gasteiger charge is 2.52. The first-order valence-electron chi connectivity index (χ1n) is 9.49. The van der Waals surface area contributed by atoms with Gasteiger partial charge >= 0.3 is 0 Å². The van der Waals surface area contributed by atoms with E-state index in [1.54, 1.807) is 47.8 Å². The third-order valence-corrected chi connectivity index (χ3v) is 5.65. The molecule has 3 aromatic rings. The van der Waals surface area contributed by atoms with Crippen LogP contribution in [0.3, 0.4) is 0 Å². The van der Waals surface area contributed by atoms with E-state index in [9.17, 15) is 4.79 Å². The molecular weight excluding hydrogens is 371 g/mol. The third kappa shape index (κ3) is 3.06. The Hall–Kier alpha value is -3.24. The Morgan fingerprint density at radius 1 is 1.34 bits per heavy atom. The topological polar surface area (TPSA) is 68.5 Å². The lowest BCUT2D eigenvalue weighted by molar-refractivity contribution is -0.0241. The van der Waals surface area contributed by atoms with Crippen LogP contribution in [0.2, 0.25) is 0 Å². The molecule has 2 aromatic heterocycles. The third-order valence-electron chi connectivity index (χ3n) is 5.65. The molecule has 29 heavy (non-hydrogen) atoms. The van der Waals surface area contributed by atoms with Gasteiger partial charge in [-0.25, -0.2) is 13.9 Å². The molecule has 1 amide bonds. The van der Waals surface area contributed by atoms with Crippen LogP contribution in [0.4, 0.5) is 10.2 Å². The van der Waals surface area contributed by atoms with E-state index in [2.05, 4.69) is 21.3 Å². The highest BCUT2D eigenvalue weighted by Crippen LogP contribution is 2.47. The second-order valence-corrected chi connectivity index (χ2v) is 7.14. The number of halogens is 1. The smallest absolute Gasteiger partial charge is 0.256 e. The van der Waals surface area contributed by atoms with Crippen molar-refractivity contribution in [3.05, 3.63) is 60.0 Å². The van der Waals surface area contributed by atoms with Crippen molar-refractivity contribution < 1.29 is 13.9 Å². The fraction of sp³-hybridized carbons (Fsp3) is 0.318. The Kier molecular flexibility index (Phi) is 4.81. The first kappa shape index (κ1) is 19.1. The summed E-state index contributed by atoms with van der Waals surface area (Å²) in [6.45, 7) is 3.66. The first-order valence-corrected chi connectivity index (χ1v) is 9.49. The van der Waals surface area contributed by atoms with Crippen LogP contribution in [0.1, 0.15) is 42.4 Å². The van der Waals surface area contributed by atoms with E-state index in [0.717, 1.165) is 0 Å². The largest absolute Gasteiger partial charge is 0.349 e. The molecule has 1 saturated heterocycles. The highest BCUT2D eigenvalue weighted by molar-refractivity contribution is 6.05. The molecule has 0 spiro atoms. The lowest BCUT2D eigenvalue weighted by Gasteiger charge is -2.25. The molecule has 1 aliphatic heterocycles. The SMILES string of the molecule is C#C[C@]1(CC)O[C@@H](c2ccc3c(NC(=O)c4ccccc4)ncnn23)[C@H](F)[C@@H]1C. The first-order chi connectivity index (χ1) is 14.0. The molecular formula is C22H21FN4O2. The Morgan fingerprint density at radius 2 is 2.10 bits per heavy atom. The van der Waals surface area contributed by atoms with Crippen molar-refractivity contribution in [3.63, 3.8) is 0 Å². The van der Waals surface area contributed by atoms with E-state index >= 15 is 4.39 Å². The summed E-state index contributed by atoms with van der Waals surface area (Å²) >= 11 is 0. The number of carbonyl (C=O) groups excluding carboxylic acids is 1. The van der Waals surface area contributed by atoms with Crippen LogP contribution in [0, 0.1) is 18.3 Å². The van der Waals surface area contributed by atoms with Crippen molar-refractivity contribution in [1.82, 2.24) is 14.6 Å². The fourth-order valence-electron chi connectivity index (χ4n) is 3.85. The van der Waals surface area contributed by atoms with Crippen LogP contribution >= 0.6 is 0 Å². The van der Waals surface area contributed by atoms with E-state index in [1.165, 1.54) is 6.33 Å². The van der Waals surface area contributed by atoms with Gasteiger partial charge in [0.2, 0.25) is 0 Å². The van der Waals surface area contributed by atoms with Gasteiger partial charge in [0, 0.05) is 11.5 Å². The number of terminal acetylenes is 1. The number of hydrogen-bond donors (Lipinski definition) is 1. The number of hydrogen-bond acceptors (Lipinski definition) is 4. The maximum absolute atomic E-state index is 15.1. The molecule has 0 unspecified atom stereocenters. The van der Waals surface area contributed by atoms with Gasteiger partial charge in [-0.2, -0.15) is 5.10 Å². The predicted octanol–water partition coefficient (Wildman–Crippen LogP) is 3.81. The van der Waals surface area contributed by atoms with Crippen molar-refractivity contribution >= 4 is 17.2 Å². The van der Waals surface area contributed by atoms with Gasteiger partial charge < -0.3 is 10.1 Å². The molecule has 1 aliphatic rings. The van der Waals surface area contributed by atoms with Gasteiger partial charge in [0.25, 0.3) is 5.91 Å². The second-order valence-electron chi connectivity index (χ2n) is 7.14. The minimum atomic E-state index is -1.28. The number of nitrogens with zero attached hydrogens (tertiary/aromatic N) is 3. The Bertz CT molecular complexity index is 1090. The summed E-state index contributed by atoms with van der Waals surface area (Å²) in [4.78, 5) is 16.7. The van der Waals surface area contributed by atoms with E-state index in [4.69, 9.17) is 11.2 Å². The monoisotopic (exact) mass is 392 g/mol. The molecule has 6 nitrogen and oxygen atoms in total. The van der Waals surface area contributed by atoms with Crippen molar-refractivity contribution in [1.29, 1.82) is 0 Å². The van der Waals surface area contributed by atoms with Crippen molar-refractivity contribution in [2.75, 3.05) is 5.32 Å². The molecule has 1 fully saturated rings. The van der Waals surface area contributed by atoms with Crippen molar-refractivity contribution in [3.8, 4) is 12.3 Å². The standard InChI is InChI=1S/C22H21FN4O2/c1-4-22(5-2)14(3)18(23)19(29-22)16-11-12-17-20(24-13-25-27(16)17)26-21(28)15-9-7-6-8-10-15/h1,6-14,18-19H,5H2,2-3H3,(H,24,25,26,28)/t14-,18+,19-,22+/m0/s1. The maximum Gasteiger partial charge on any atom is 0.256 e. The molecule has 7 heteroatoms. The van der Waals surface area contributed by atoms with E-state index in [-0.39, 0.29) is 5.91 Å². The highest BCUT2D eigenvalue weighted by atomic mass is 19.1. The zero-order valence-electron chi connectivity index (χ0n) is 16.2. The van der Waals surface area contributed by atoms with E-state index in [0.29, 0.717) is 29.0 Å². The van der Waals surface area contributed by atoms with Crippen molar-refractivity contribution in [2.45, 2.75) is 38.1 Å². The Balaban J connectivity index is 1.68. The molecule has 1 N–H and O–H groups in total. The number of fused-ring (bicyclic) bond motifs is 1. The van der Waals surface area contributed by atoms with Gasteiger partial charge in [0.1, 0.15) is 29.7 Å². The Morgan fingerprint density at radius 3 is 2.76 bits per heavy atom. The Labute approximate surface area is 168 Å². The summed E-state index contributed by atoms with van der Waals surface area (Å²) in [5.74, 6) is 2.23. The zero-order chi connectivity index (χ0) is 20.6. The molecule has 0 bridgehead atoms. The van der Waals surface area contributed by atoms with E-state index in [1.807, 2.05) is 13.0 Å². The molecule has 4 rings (SSSR count). The molecule has 4 atom stereocenters. The number of anilines is 1. The molecule has 0 aliphatic carbocycles. The number of ether oxygens (including phenoxy) is 1. The van der Waals surface area contributed by atoms with Gasteiger partial charge in [-0.1, -0.05) is 38.0 Å². The summed E-state index contributed by atoms with van der Waals surface area (Å²) in [7, 11) is 0. The van der Waals surface area contributed by atoms with Crippen LogP contribution in [0.5, 0.6) is 0 Å². The normalized spacial score (nSPS) is 26.3. The molecule has 3 heterocycles. The average molecular weight is 392 g/mol. The van der Waals surface area contributed by atoms with Crippen LogP contribution in [-0.2, 0) is 4.74 Å². The summed E-state index contributed by atoms with van der Waals surface area (Å²) in [6, 6.07) is 12.3. The number of carbonyl (C=O) groups is 1. The maximum atomic E-state index is 15.1. The number of benzene rings is 1. The summed E-state index contributed by atoms with van der Waals surface area (Å²) < 4.78 is 22.7. The number of aromatic nitrogens is 3. The van der Waals surface area contributed by atoms with Gasteiger partial charge in [-0.15, -0.1) is 6.42 Å². The van der Waals surface area contributed by atoms with Crippen LogP contribution in [0.25, 0.3) is 5.52 Å². The van der Waals surface area contributed by atoms with Crippen LogP contribution < -0.4 is 5.32 Å². The van der Waals surface area contributed by atoms with E-state index < -0.39 is 23.8 Å². The lowest BCUT2D eigenvalue weighted by Crippen LogP contribution is -2.33. The molecule has 148 valence electrons. The fourth-order valence-corrected chi connectivity index (χ4v) is 3.85. The van der Waals surface area contributed by atoms with Crippen molar-refractivity contribution in [2.24, 2.45) is 5.92 Å². The molecule has 1 aromatic carbocycles. The average Bonchev–Trinajstić information content (AvgIpc) is 3.29. The quantitative estimate of drug-likeness (QED) is 0.686. The molecule has 0 radical (unpaired) electrons. The lowest BCUT2D eigenvalue weighted by atomic mass is 9.85. The number of rotatable bonds is 4. The second kappa shape index (κ2) is 7.30. The van der Waals surface area contributed by atoms with Gasteiger partial charge in [0.15, 0.2) is 5.82 Å². The summed E-state index contributed by atoms with van der Waals surface area (Å²) in [6.07, 6.45) is 5.37. The predicted molar refractivity (Wildman–Crippen MR) is 107 cm³/mol. The summed E-state index contributed by atoms with van der Waals surface area (Å²) in [5, 5.41) is 7.03. The van der Waals surface area contributed by atoms with Gasteiger partial charge in [-0.3, -0.25) is 4.79 Å². The summed E-state index contributed by atoms with van der Waals surface area (Å²) in [5.41, 5.74) is 0.632.